The number of H-pyrrole nitrogens is 4. The van der Waals surface area contributed by atoms with Gasteiger partial charge in [-0.3, -0.25) is 0 Å². The Balaban J connectivity index is 1.44. The summed E-state index contributed by atoms with van der Waals surface area (Å²) in [6, 6.07) is 56.2. The van der Waals surface area contributed by atoms with Gasteiger partial charge in [0.2, 0.25) is 0 Å². The van der Waals surface area contributed by atoms with Gasteiger partial charge in [0.25, 0.3) is 0 Å². The van der Waals surface area contributed by atoms with Crippen LogP contribution in [0.3, 0.4) is 0 Å². The van der Waals surface area contributed by atoms with Crippen molar-refractivity contribution in [3.05, 3.63) is 230 Å². The van der Waals surface area contributed by atoms with E-state index < -0.39 is 0 Å². The molecule has 5 N–H and O–H groups in total. The topological polar surface area (TPSA) is 83.4 Å². The Labute approximate surface area is 282 Å². The molecular formula is C44H32N4O. The highest BCUT2D eigenvalue weighted by Gasteiger charge is 2.18. The number of nitrogens with one attached hydrogen (secondary N) is 4. The number of hydrogen-bond acceptors (Lipinski definition) is 1. The number of fused-ring (bicyclic) bond motifs is 8. The minimum absolute atomic E-state index is 0.230. The largest absolute Gasteiger partial charge is 0.508 e. The predicted molar refractivity (Wildman–Crippen MR) is 196 cm³/mol. The van der Waals surface area contributed by atoms with Crippen LogP contribution in [0.1, 0.15) is 45.0 Å². The molecule has 5 heteroatoms. The van der Waals surface area contributed by atoms with Crippen LogP contribution in [0.5, 0.6) is 5.75 Å². The number of hydrogen-bond donors (Lipinski definition) is 5. The highest BCUT2D eigenvalue weighted by molar-refractivity contribution is 5.84. The van der Waals surface area contributed by atoms with E-state index in [2.05, 4.69) is 147 Å². The molecule has 9 rings (SSSR count). The molecule has 0 spiro atoms. The Hall–Kier alpha value is -6.72. The molecule has 4 aromatic heterocycles. The molecule has 8 bridgehead atoms. The lowest BCUT2D eigenvalue weighted by atomic mass is 10.0. The van der Waals surface area contributed by atoms with Crippen LogP contribution < -0.4 is 21.4 Å². The molecule has 8 aromatic rings. The van der Waals surface area contributed by atoms with Crippen LogP contribution in [-0.4, -0.2) is 25.0 Å². The second-order valence-electron chi connectivity index (χ2n) is 12.3. The lowest BCUT2D eigenvalue weighted by Crippen LogP contribution is -2.19. The Morgan fingerprint density at radius 1 is 0.265 bits per heavy atom. The van der Waals surface area contributed by atoms with Crippen LogP contribution in [0.4, 0.5) is 0 Å². The Morgan fingerprint density at radius 2 is 0.551 bits per heavy atom. The van der Waals surface area contributed by atoms with Crippen molar-refractivity contribution in [3.63, 3.8) is 0 Å². The van der Waals surface area contributed by atoms with Gasteiger partial charge in [-0.1, -0.05) is 103 Å². The quantitative estimate of drug-likeness (QED) is 0.162. The maximum Gasteiger partial charge on any atom is 0.115 e. The molecule has 4 aromatic carbocycles. The van der Waals surface area contributed by atoms with Crippen LogP contribution >= 0.6 is 0 Å². The van der Waals surface area contributed by atoms with Gasteiger partial charge in [0.05, 0.1) is 0 Å². The average molecular weight is 633 g/mol. The molecule has 0 atom stereocenters. The highest BCUT2D eigenvalue weighted by atomic mass is 16.3. The second-order valence-corrected chi connectivity index (χ2v) is 12.3. The third-order valence-corrected chi connectivity index (χ3v) is 9.24. The van der Waals surface area contributed by atoms with Crippen molar-refractivity contribution >= 4 is 22.3 Å². The fraction of sp³-hybridized carbons (Fsp3) is 0. The number of phenolic OH excluding ortho intramolecular Hbond substituents is 1. The monoisotopic (exact) mass is 632 g/mol. The highest BCUT2D eigenvalue weighted by Crippen LogP contribution is 2.28. The van der Waals surface area contributed by atoms with Gasteiger partial charge in [-0.25, -0.2) is 0 Å². The van der Waals surface area contributed by atoms with Crippen LogP contribution in [0.15, 0.2) is 164 Å². The maximum absolute atomic E-state index is 10.2. The number of benzene rings is 4. The number of rotatable bonds is 4. The van der Waals surface area contributed by atoms with Crippen LogP contribution in [0, 0.1) is 0 Å². The first-order chi connectivity index (χ1) is 24.2. The van der Waals surface area contributed by atoms with E-state index in [9.17, 15) is 5.11 Å². The standard InChI is InChI=1S/C44H32N4O/c49-32-18-16-31(17-19-32)44-39-26-24-37(47-39)42(29-12-6-2-7-13-29)35-22-20-33(45-35)41(28-10-4-1-5-11-28)34-21-23-36(46-34)43(30-14-8-3-9-15-30)38-25-27-40(44)48-38/h1-27,45-49H/b41-33-,41-34?,42-35-,42-37?,43-36?,43-38-,44-39?,44-40-. The zero-order valence-electron chi connectivity index (χ0n) is 26.5. The van der Waals surface area contributed by atoms with Crippen molar-refractivity contribution in [1.29, 1.82) is 0 Å². The third-order valence-electron chi connectivity index (χ3n) is 9.24. The van der Waals surface area contributed by atoms with Crippen LogP contribution in [-0.2, 0) is 0 Å². The zero-order chi connectivity index (χ0) is 32.7. The van der Waals surface area contributed by atoms with E-state index in [-0.39, 0.29) is 5.75 Å². The summed E-state index contributed by atoms with van der Waals surface area (Å²) in [6.45, 7) is 0. The minimum Gasteiger partial charge on any atom is -0.508 e. The average Bonchev–Trinajstić information content (AvgIpc) is 3.98. The Kier molecular flexibility index (Phi) is 6.87. The molecule has 0 aliphatic carbocycles. The molecule has 0 saturated heterocycles. The summed E-state index contributed by atoms with van der Waals surface area (Å²) in [5, 5.41) is 14.1. The van der Waals surface area contributed by atoms with Crippen LogP contribution in [0.25, 0.3) is 22.3 Å². The number of aromatic hydroxyl groups is 1. The molecule has 234 valence electrons. The number of phenols is 1. The van der Waals surface area contributed by atoms with Gasteiger partial charge in [0.1, 0.15) is 5.75 Å². The molecule has 0 saturated carbocycles. The Bertz CT molecular complexity index is 2690. The molecule has 1 aliphatic rings. The van der Waals surface area contributed by atoms with Crippen LogP contribution in [0.2, 0.25) is 0 Å². The first-order valence-corrected chi connectivity index (χ1v) is 16.4. The van der Waals surface area contributed by atoms with E-state index in [1.165, 1.54) is 0 Å². The van der Waals surface area contributed by atoms with Gasteiger partial charge in [0.15, 0.2) is 0 Å². The van der Waals surface area contributed by atoms with Gasteiger partial charge in [0, 0.05) is 66.5 Å². The molecule has 0 fully saturated rings. The minimum atomic E-state index is 0.230. The molecule has 0 radical (unpaired) electrons. The SMILES string of the molecule is Oc1ccc(/C2=c3\cc/c([nH]3)=C(\c3ccccc3)c3ccc([nH]3)/C(c3ccccc3)=c3/cc/c([nH]3)=C(\c3ccccc3)c3ccc2[nH]3)cc1. The lowest BCUT2D eigenvalue weighted by Gasteiger charge is -2.10. The van der Waals surface area contributed by atoms with E-state index in [4.69, 9.17) is 0 Å². The summed E-state index contributed by atoms with van der Waals surface area (Å²) in [4.78, 5) is 15.2. The van der Waals surface area contributed by atoms with Crippen molar-refractivity contribution in [2.45, 2.75) is 0 Å². The van der Waals surface area contributed by atoms with Crippen molar-refractivity contribution in [2.24, 2.45) is 0 Å². The third kappa shape index (κ3) is 5.14. The molecule has 5 heterocycles. The van der Waals surface area contributed by atoms with E-state index in [0.717, 1.165) is 88.7 Å². The summed E-state index contributed by atoms with van der Waals surface area (Å²) >= 11 is 0. The van der Waals surface area contributed by atoms with Gasteiger partial charge in [-0.15, -0.1) is 0 Å². The van der Waals surface area contributed by atoms with Crippen molar-refractivity contribution in [2.75, 3.05) is 0 Å². The molecule has 0 amide bonds. The molecular weight excluding hydrogens is 601 g/mol. The summed E-state index contributed by atoms with van der Waals surface area (Å²) < 4.78 is 0. The van der Waals surface area contributed by atoms with E-state index >= 15 is 0 Å². The summed E-state index contributed by atoms with van der Waals surface area (Å²) in [5.74, 6) is 0.230. The molecule has 0 unspecified atom stereocenters. The normalized spacial score (nSPS) is 17.2. The maximum atomic E-state index is 10.2. The Morgan fingerprint density at radius 3 is 0.857 bits per heavy atom. The molecule has 5 nitrogen and oxygen atoms in total. The van der Waals surface area contributed by atoms with E-state index in [0.29, 0.717) is 0 Å². The van der Waals surface area contributed by atoms with Gasteiger partial charge < -0.3 is 25.0 Å². The van der Waals surface area contributed by atoms with Gasteiger partial charge in [-0.05, 0) is 82.9 Å². The van der Waals surface area contributed by atoms with Crippen molar-refractivity contribution < 1.29 is 5.11 Å². The van der Waals surface area contributed by atoms with Gasteiger partial charge in [-0.2, -0.15) is 0 Å². The van der Waals surface area contributed by atoms with Gasteiger partial charge >= 0.3 is 0 Å². The first kappa shape index (κ1) is 28.5. The second kappa shape index (κ2) is 11.8. The fourth-order valence-electron chi connectivity index (χ4n) is 7.01. The lowest BCUT2D eigenvalue weighted by molar-refractivity contribution is 0.475. The zero-order valence-corrected chi connectivity index (χ0v) is 26.5. The summed E-state index contributed by atoms with van der Waals surface area (Å²) in [6.07, 6.45) is 0. The van der Waals surface area contributed by atoms with Crippen molar-refractivity contribution in [1.82, 2.24) is 19.9 Å². The fourth-order valence-corrected chi connectivity index (χ4v) is 7.01. The summed E-state index contributed by atoms with van der Waals surface area (Å²) in [5.41, 5.74) is 12.5. The first-order valence-electron chi connectivity index (χ1n) is 16.4. The molecule has 1 aliphatic heterocycles. The summed E-state index contributed by atoms with van der Waals surface area (Å²) in [7, 11) is 0. The smallest absolute Gasteiger partial charge is 0.115 e. The predicted octanol–water partition coefficient (Wildman–Crippen LogP) is 6.01. The number of aromatic amines is 4. The molecule has 49 heavy (non-hydrogen) atoms. The van der Waals surface area contributed by atoms with E-state index in [1.54, 1.807) is 12.1 Å². The number of aromatic nitrogens is 4. The van der Waals surface area contributed by atoms with Crippen molar-refractivity contribution in [3.8, 4) is 5.75 Å². The van der Waals surface area contributed by atoms with E-state index in [1.807, 2.05) is 24.3 Å².